The minimum absolute atomic E-state index is 0.478. The van der Waals surface area contributed by atoms with E-state index in [0.29, 0.717) is 18.5 Å². The van der Waals surface area contributed by atoms with Crippen molar-refractivity contribution in [3.05, 3.63) is 42.3 Å². The number of benzene rings is 1. The van der Waals surface area contributed by atoms with Gasteiger partial charge in [0.05, 0.1) is 12.2 Å². The van der Waals surface area contributed by atoms with E-state index in [1.54, 1.807) is 6.26 Å². The Hall–Kier alpha value is -2.34. The van der Waals surface area contributed by atoms with E-state index in [0.717, 1.165) is 30.1 Å². The van der Waals surface area contributed by atoms with E-state index in [2.05, 4.69) is 32.4 Å². The molecular formula is C21H31N5O. The van der Waals surface area contributed by atoms with Crippen molar-refractivity contribution in [3.8, 4) is 11.5 Å². The van der Waals surface area contributed by atoms with Crippen molar-refractivity contribution in [3.63, 3.8) is 0 Å². The minimum atomic E-state index is 0.478. The molecule has 0 saturated carbocycles. The van der Waals surface area contributed by atoms with Crippen LogP contribution in [0.3, 0.4) is 0 Å². The number of likely N-dealkylation sites (tertiary alicyclic amines) is 1. The van der Waals surface area contributed by atoms with E-state index < -0.39 is 0 Å². The second-order valence-electron chi connectivity index (χ2n) is 7.05. The van der Waals surface area contributed by atoms with Gasteiger partial charge in [0.25, 0.3) is 0 Å². The number of hydrogen-bond acceptors (Lipinski definition) is 4. The van der Waals surface area contributed by atoms with Crippen molar-refractivity contribution < 1.29 is 4.42 Å². The zero-order chi connectivity index (χ0) is 18.9. The standard InChI is InChI=1S/C21H31N5O/c1-3-4-12-26-13-10-18(11-14-26)25-21(22-2)23-15-19-16-27-20(24-19)17-8-6-5-7-9-17/h5-9,16,18H,3-4,10-15H2,1-2H3,(H2,22,23,25). The van der Waals surface area contributed by atoms with Crippen LogP contribution in [-0.4, -0.2) is 48.6 Å². The third-order valence-electron chi connectivity index (χ3n) is 4.99. The summed E-state index contributed by atoms with van der Waals surface area (Å²) in [5.41, 5.74) is 1.85. The van der Waals surface area contributed by atoms with E-state index in [-0.39, 0.29) is 0 Å². The highest BCUT2D eigenvalue weighted by Crippen LogP contribution is 2.17. The highest BCUT2D eigenvalue weighted by molar-refractivity contribution is 5.79. The summed E-state index contributed by atoms with van der Waals surface area (Å²) >= 11 is 0. The van der Waals surface area contributed by atoms with Crippen LogP contribution in [0.15, 0.2) is 46.0 Å². The molecule has 1 aromatic heterocycles. The Morgan fingerprint density at radius 3 is 2.74 bits per heavy atom. The molecule has 1 aliphatic rings. The number of guanidine groups is 1. The van der Waals surface area contributed by atoms with Gasteiger partial charge in [0.2, 0.25) is 5.89 Å². The third kappa shape index (κ3) is 5.82. The van der Waals surface area contributed by atoms with E-state index in [1.807, 2.05) is 37.4 Å². The number of aromatic nitrogens is 1. The summed E-state index contributed by atoms with van der Waals surface area (Å²) in [5.74, 6) is 1.47. The Balaban J connectivity index is 1.44. The maximum Gasteiger partial charge on any atom is 0.226 e. The van der Waals surface area contributed by atoms with Crippen LogP contribution in [0.5, 0.6) is 0 Å². The van der Waals surface area contributed by atoms with Crippen LogP contribution in [0.2, 0.25) is 0 Å². The number of nitrogens with zero attached hydrogens (tertiary/aromatic N) is 3. The molecule has 0 unspecified atom stereocenters. The fourth-order valence-electron chi connectivity index (χ4n) is 3.35. The monoisotopic (exact) mass is 369 g/mol. The first-order chi connectivity index (χ1) is 13.3. The lowest BCUT2D eigenvalue weighted by molar-refractivity contribution is 0.203. The van der Waals surface area contributed by atoms with Crippen LogP contribution in [0, 0.1) is 0 Å². The smallest absolute Gasteiger partial charge is 0.226 e. The number of piperidine rings is 1. The van der Waals surface area contributed by atoms with Gasteiger partial charge in [0, 0.05) is 31.7 Å². The van der Waals surface area contributed by atoms with E-state index in [1.165, 1.54) is 32.5 Å². The molecule has 2 aromatic rings. The van der Waals surface area contributed by atoms with Crippen molar-refractivity contribution in [2.45, 2.75) is 45.2 Å². The van der Waals surface area contributed by atoms with Crippen LogP contribution in [0.25, 0.3) is 11.5 Å². The fraction of sp³-hybridized carbons (Fsp3) is 0.524. The molecule has 6 heteroatoms. The average molecular weight is 370 g/mol. The Labute approximate surface area is 162 Å². The van der Waals surface area contributed by atoms with Crippen molar-refractivity contribution in [2.24, 2.45) is 4.99 Å². The molecule has 0 spiro atoms. The molecule has 146 valence electrons. The first-order valence-electron chi connectivity index (χ1n) is 9.98. The molecule has 1 aliphatic heterocycles. The number of rotatable bonds is 7. The van der Waals surface area contributed by atoms with Crippen LogP contribution >= 0.6 is 0 Å². The van der Waals surface area contributed by atoms with E-state index in [4.69, 9.17) is 4.42 Å². The first-order valence-corrected chi connectivity index (χ1v) is 9.98. The lowest BCUT2D eigenvalue weighted by atomic mass is 10.0. The molecule has 3 rings (SSSR count). The predicted molar refractivity (Wildman–Crippen MR) is 110 cm³/mol. The number of nitrogens with one attached hydrogen (secondary N) is 2. The quantitative estimate of drug-likeness (QED) is 0.579. The van der Waals surface area contributed by atoms with Crippen LogP contribution in [0.4, 0.5) is 0 Å². The molecule has 0 amide bonds. The number of oxazole rings is 1. The van der Waals surface area contributed by atoms with Gasteiger partial charge in [-0.1, -0.05) is 31.5 Å². The summed E-state index contributed by atoms with van der Waals surface area (Å²) < 4.78 is 5.59. The van der Waals surface area contributed by atoms with Gasteiger partial charge >= 0.3 is 0 Å². The topological polar surface area (TPSA) is 65.7 Å². The zero-order valence-electron chi connectivity index (χ0n) is 16.4. The molecule has 6 nitrogen and oxygen atoms in total. The summed E-state index contributed by atoms with van der Waals surface area (Å²) in [5, 5.41) is 6.89. The third-order valence-corrected chi connectivity index (χ3v) is 4.99. The minimum Gasteiger partial charge on any atom is -0.444 e. The molecule has 0 aliphatic carbocycles. The van der Waals surface area contributed by atoms with Crippen molar-refractivity contribution in [1.82, 2.24) is 20.5 Å². The molecule has 2 heterocycles. The maximum absolute atomic E-state index is 5.59. The Kier molecular flexibility index (Phi) is 7.27. The molecular weight excluding hydrogens is 338 g/mol. The van der Waals surface area contributed by atoms with Gasteiger partial charge in [0.15, 0.2) is 5.96 Å². The molecule has 1 fully saturated rings. The zero-order valence-corrected chi connectivity index (χ0v) is 16.4. The molecule has 0 bridgehead atoms. The van der Waals surface area contributed by atoms with Gasteiger partial charge < -0.3 is 20.0 Å². The Morgan fingerprint density at radius 2 is 2.04 bits per heavy atom. The van der Waals surface area contributed by atoms with Crippen LogP contribution < -0.4 is 10.6 Å². The number of unbranched alkanes of at least 4 members (excludes halogenated alkanes) is 1. The summed E-state index contributed by atoms with van der Waals surface area (Å²) in [6, 6.07) is 10.4. The molecule has 2 N–H and O–H groups in total. The number of aliphatic imine (C=N–C) groups is 1. The van der Waals surface area contributed by atoms with E-state index in [9.17, 15) is 0 Å². The van der Waals surface area contributed by atoms with Gasteiger partial charge in [-0.3, -0.25) is 4.99 Å². The van der Waals surface area contributed by atoms with E-state index >= 15 is 0 Å². The second kappa shape index (κ2) is 10.1. The highest BCUT2D eigenvalue weighted by atomic mass is 16.3. The summed E-state index contributed by atoms with van der Waals surface area (Å²) in [4.78, 5) is 11.5. The van der Waals surface area contributed by atoms with Gasteiger partial charge in [-0.25, -0.2) is 4.98 Å². The first kappa shape index (κ1) is 19.4. The van der Waals surface area contributed by atoms with Crippen LogP contribution in [0.1, 0.15) is 38.3 Å². The fourth-order valence-corrected chi connectivity index (χ4v) is 3.35. The van der Waals surface area contributed by atoms with Gasteiger partial charge in [-0.15, -0.1) is 0 Å². The van der Waals surface area contributed by atoms with Gasteiger partial charge in [-0.05, 0) is 37.9 Å². The molecule has 0 radical (unpaired) electrons. The highest BCUT2D eigenvalue weighted by Gasteiger charge is 2.19. The summed E-state index contributed by atoms with van der Waals surface area (Å²) in [6.45, 7) is 6.40. The molecule has 27 heavy (non-hydrogen) atoms. The molecule has 0 atom stereocenters. The lowest BCUT2D eigenvalue weighted by Gasteiger charge is -2.33. The predicted octanol–water partition coefficient (Wildman–Crippen LogP) is 3.27. The SMILES string of the molecule is CCCCN1CCC(NC(=NC)NCc2coc(-c3ccccc3)n2)CC1. The summed E-state index contributed by atoms with van der Waals surface area (Å²) in [6.07, 6.45) is 6.58. The van der Waals surface area contributed by atoms with Crippen molar-refractivity contribution in [2.75, 3.05) is 26.7 Å². The summed E-state index contributed by atoms with van der Waals surface area (Å²) in [7, 11) is 1.81. The molecule has 1 aromatic carbocycles. The van der Waals surface area contributed by atoms with Crippen LogP contribution in [-0.2, 0) is 6.54 Å². The maximum atomic E-state index is 5.59. The van der Waals surface area contributed by atoms with Crippen molar-refractivity contribution in [1.29, 1.82) is 0 Å². The Bertz CT molecular complexity index is 704. The second-order valence-corrected chi connectivity index (χ2v) is 7.05. The average Bonchev–Trinajstić information content (AvgIpc) is 3.20. The normalized spacial score (nSPS) is 16.4. The van der Waals surface area contributed by atoms with Crippen molar-refractivity contribution >= 4 is 5.96 Å². The lowest BCUT2D eigenvalue weighted by Crippen LogP contribution is -2.48. The Morgan fingerprint density at radius 1 is 1.26 bits per heavy atom. The van der Waals surface area contributed by atoms with Gasteiger partial charge in [0.1, 0.15) is 6.26 Å². The largest absolute Gasteiger partial charge is 0.444 e. The molecule has 1 saturated heterocycles. The number of hydrogen-bond donors (Lipinski definition) is 2. The van der Waals surface area contributed by atoms with Gasteiger partial charge in [-0.2, -0.15) is 0 Å².